The van der Waals surface area contributed by atoms with Gasteiger partial charge in [0.2, 0.25) is 0 Å². The highest BCUT2D eigenvalue weighted by Gasteiger charge is 2.09. The van der Waals surface area contributed by atoms with Crippen molar-refractivity contribution in [3.8, 4) is 0 Å². The van der Waals surface area contributed by atoms with Crippen molar-refractivity contribution in [2.45, 2.75) is 25.8 Å². The van der Waals surface area contributed by atoms with Crippen molar-refractivity contribution < 1.29 is 4.39 Å². The first-order valence-electron chi connectivity index (χ1n) is 7.41. The average molecular weight is 286 g/mol. The first-order valence-corrected chi connectivity index (χ1v) is 7.41. The Bertz CT molecular complexity index is 566. The van der Waals surface area contributed by atoms with E-state index in [2.05, 4.69) is 43.1 Å². The van der Waals surface area contributed by atoms with Crippen LogP contribution in [0.5, 0.6) is 0 Å². The zero-order valence-corrected chi connectivity index (χ0v) is 12.7. The van der Waals surface area contributed by atoms with E-state index in [0.29, 0.717) is 0 Å². The van der Waals surface area contributed by atoms with Crippen LogP contribution in [0.3, 0.4) is 0 Å². The van der Waals surface area contributed by atoms with Crippen LogP contribution in [-0.4, -0.2) is 13.6 Å². The summed E-state index contributed by atoms with van der Waals surface area (Å²) in [5, 5.41) is 0. The minimum Gasteiger partial charge on any atom is -0.375 e. The van der Waals surface area contributed by atoms with Crippen LogP contribution in [0.1, 0.15) is 30.5 Å². The van der Waals surface area contributed by atoms with Crippen molar-refractivity contribution >= 4 is 5.69 Å². The highest BCUT2D eigenvalue weighted by Crippen LogP contribution is 2.18. The van der Waals surface area contributed by atoms with Crippen LogP contribution in [0.4, 0.5) is 10.1 Å². The van der Waals surface area contributed by atoms with E-state index in [-0.39, 0.29) is 11.9 Å². The number of hydrogen-bond acceptors (Lipinski definition) is 2. The second-order valence-electron chi connectivity index (χ2n) is 5.39. The van der Waals surface area contributed by atoms with E-state index in [1.165, 1.54) is 23.4 Å². The molecule has 2 nitrogen and oxygen atoms in total. The minimum atomic E-state index is -0.230. The SMILES string of the molecule is CCc1ccc(N(C)CCC(N)c2cccc(F)c2)cc1. The van der Waals surface area contributed by atoms with Crippen molar-refractivity contribution in [2.24, 2.45) is 5.73 Å². The van der Waals surface area contributed by atoms with Crippen LogP contribution >= 0.6 is 0 Å². The predicted molar refractivity (Wildman–Crippen MR) is 87.0 cm³/mol. The molecule has 2 rings (SSSR count). The Labute approximate surface area is 126 Å². The Balaban J connectivity index is 1.92. The third kappa shape index (κ3) is 4.30. The molecule has 0 spiro atoms. The van der Waals surface area contributed by atoms with Gasteiger partial charge >= 0.3 is 0 Å². The number of benzene rings is 2. The summed E-state index contributed by atoms with van der Waals surface area (Å²) in [5.41, 5.74) is 9.51. The van der Waals surface area contributed by atoms with Crippen LogP contribution in [0, 0.1) is 5.82 Å². The van der Waals surface area contributed by atoms with Crippen molar-refractivity contribution in [3.05, 3.63) is 65.5 Å². The number of nitrogens with two attached hydrogens (primary N) is 1. The third-order valence-electron chi connectivity index (χ3n) is 3.84. The molecule has 0 saturated carbocycles. The molecule has 0 saturated heterocycles. The van der Waals surface area contributed by atoms with E-state index < -0.39 is 0 Å². The summed E-state index contributed by atoms with van der Waals surface area (Å²) in [4.78, 5) is 2.18. The Morgan fingerprint density at radius 3 is 2.48 bits per heavy atom. The highest BCUT2D eigenvalue weighted by molar-refractivity contribution is 5.46. The molecular formula is C18H23FN2. The molecule has 21 heavy (non-hydrogen) atoms. The molecule has 0 bridgehead atoms. The van der Waals surface area contributed by atoms with E-state index in [1.54, 1.807) is 6.07 Å². The van der Waals surface area contributed by atoms with Gasteiger partial charge in [-0.2, -0.15) is 0 Å². The maximum Gasteiger partial charge on any atom is 0.123 e. The van der Waals surface area contributed by atoms with Gasteiger partial charge in [-0.05, 0) is 48.2 Å². The average Bonchev–Trinajstić information content (AvgIpc) is 2.52. The van der Waals surface area contributed by atoms with Gasteiger partial charge in [0, 0.05) is 25.3 Å². The quantitative estimate of drug-likeness (QED) is 0.872. The van der Waals surface area contributed by atoms with Gasteiger partial charge < -0.3 is 10.6 Å². The number of anilines is 1. The third-order valence-corrected chi connectivity index (χ3v) is 3.84. The zero-order valence-electron chi connectivity index (χ0n) is 12.7. The lowest BCUT2D eigenvalue weighted by molar-refractivity contribution is 0.608. The molecule has 0 aliphatic heterocycles. The fourth-order valence-electron chi connectivity index (χ4n) is 2.35. The van der Waals surface area contributed by atoms with Gasteiger partial charge in [-0.1, -0.05) is 31.2 Å². The largest absolute Gasteiger partial charge is 0.375 e. The molecule has 0 aliphatic carbocycles. The van der Waals surface area contributed by atoms with E-state index in [9.17, 15) is 4.39 Å². The fourth-order valence-corrected chi connectivity index (χ4v) is 2.35. The Morgan fingerprint density at radius 2 is 1.86 bits per heavy atom. The van der Waals surface area contributed by atoms with E-state index in [0.717, 1.165) is 24.9 Å². The molecule has 1 unspecified atom stereocenters. The van der Waals surface area contributed by atoms with Crippen LogP contribution in [0.2, 0.25) is 0 Å². The van der Waals surface area contributed by atoms with Crippen molar-refractivity contribution in [2.75, 3.05) is 18.5 Å². The summed E-state index contributed by atoms with van der Waals surface area (Å²) in [6, 6.07) is 15.0. The van der Waals surface area contributed by atoms with Gasteiger partial charge in [-0.3, -0.25) is 0 Å². The second-order valence-corrected chi connectivity index (χ2v) is 5.39. The summed E-state index contributed by atoms with van der Waals surface area (Å²) >= 11 is 0. The van der Waals surface area contributed by atoms with Crippen LogP contribution in [0.15, 0.2) is 48.5 Å². The fraction of sp³-hybridized carbons (Fsp3) is 0.333. The molecule has 2 aromatic rings. The van der Waals surface area contributed by atoms with Crippen molar-refractivity contribution in [1.29, 1.82) is 0 Å². The van der Waals surface area contributed by atoms with Crippen LogP contribution in [0.25, 0.3) is 0 Å². The molecule has 0 amide bonds. The van der Waals surface area contributed by atoms with Crippen LogP contribution < -0.4 is 10.6 Å². The number of nitrogens with zero attached hydrogens (tertiary/aromatic N) is 1. The number of rotatable bonds is 6. The Kier molecular flexibility index (Phi) is 5.34. The summed E-state index contributed by atoms with van der Waals surface area (Å²) in [6.07, 6.45) is 1.84. The molecule has 0 radical (unpaired) electrons. The molecule has 0 aromatic heterocycles. The highest BCUT2D eigenvalue weighted by atomic mass is 19.1. The Hall–Kier alpha value is -1.87. The molecular weight excluding hydrogens is 263 g/mol. The standard InChI is InChI=1S/C18H23FN2/c1-3-14-7-9-17(10-8-14)21(2)12-11-18(20)15-5-4-6-16(19)13-15/h4-10,13,18H,3,11-12,20H2,1-2H3. The smallest absolute Gasteiger partial charge is 0.123 e. The van der Waals surface area contributed by atoms with Crippen molar-refractivity contribution in [3.63, 3.8) is 0 Å². The monoisotopic (exact) mass is 286 g/mol. The van der Waals surface area contributed by atoms with Crippen molar-refractivity contribution in [1.82, 2.24) is 0 Å². The molecule has 2 aromatic carbocycles. The lowest BCUT2D eigenvalue weighted by atomic mass is 10.0. The topological polar surface area (TPSA) is 29.3 Å². The van der Waals surface area contributed by atoms with Gasteiger partial charge in [0.15, 0.2) is 0 Å². The lowest BCUT2D eigenvalue weighted by Gasteiger charge is -2.22. The van der Waals surface area contributed by atoms with Gasteiger partial charge in [0.05, 0.1) is 0 Å². The van der Waals surface area contributed by atoms with Gasteiger partial charge in [-0.15, -0.1) is 0 Å². The summed E-state index contributed by atoms with van der Waals surface area (Å²) < 4.78 is 13.2. The maximum atomic E-state index is 13.2. The molecule has 0 heterocycles. The molecule has 3 heteroatoms. The first-order chi connectivity index (χ1) is 10.1. The first kappa shape index (κ1) is 15.5. The summed E-state index contributed by atoms with van der Waals surface area (Å²) in [7, 11) is 2.05. The molecule has 1 atom stereocenters. The normalized spacial score (nSPS) is 12.2. The molecule has 0 fully saturated rings. The van der Waals surface area contributed by atoms with E-state index in [1.807, 2.05) is 6.07 Å². The number of aryl methyl sites for hydroxylation is 1. The molecule has 2 N–H and O–H groups in total. The zero-order chi connectivity index (χ0) is 15.2. The number of halogens is 1. The molecule has 0 aliphatic rings. The maximum absolute atomic E-state index is 13.2. The summed E-state index contributed by atoms with van der Waals surface area (Å²) in [6.45, 7) is 2.99. The van der Waals surface area contributed by atoms with E-state index in [4.69, 9.17) is 5.73 Å². The van der Waals surface area contributed by atoms with Crippen LogP contribution in [-0.2, 0) is 6.42 Å². The van der Waals surface area contributed by atoms with Gasteiger partial charge in [0.25, 0.3) is 0 Å². The summed E-state index contributed by atoms with van der Waals surface area (Å²) in [5.74, 6) is -0.230. The predicted octanol–water partition coefficient (Wildman–Crippen LogP) is 3.91. The molecule has 112 valence electrons. The van der Waals surface area contributed by atoms with Gasteiger partial charge in [0.1, 0.15) is 5.82 Å². The lowest BCUT2D eigenvalue weighted by Crippen LogP contribution is -2.23. The Morgan fingerprint density at radius 1 is 1.14 bits per heavy atom. The van der Waals surface area contributed by atoms with E-state index >= 15 is 0 Å². The number of hydrogen-bond donors (Lipinski definition) is 1. The minimum absolute atomic E-state index is 0.141. The van der Waals surface area contributed by atoms with Gasteiger partial charge in [-0.25, -0.2) is 4.39 Å². The second kappa shape index (κ2) is 7.23.